The van der Waals surface area contributed by atoms with Gasteiger partial charge in [0.05, 0.1) is 11.6 Å². The molecule has 0 saturated heterocycles. The molecule has 0 aliphatic carbocycles. The summed E-state index contributed by atoms with van der Waals surface area (Å²) in [4.78, 5) is 11.7. The molecular formula is C16H19N5O2S. The van der Waals surface area contributed by atoms with Crippen molar-refractivity contribution in [2.24, 2.45) is 0 Å². The predicted octanol–water partition coefficient (Wildman–Crippen LogP) is 2.50. The van der Waals surface area contributed by atoms with Crippen LogP contribution in [0.3, 0.4) is 0 Å². The van der Waals surface area contributed by atoms with Crippen molar-refractivity contribution in [3.8, 4) is 0 Å². The normalized spacial score (nSPS) is 11.6. The summed E-state index contributed by atoms with van der Waals surface area (Å²) >= 11 is 0. The summed E-state index contributed by atoms with van der Waals surface area (Å²) in [6, 6.07) is 7.25. The second-order valence-corrected chi connectivity index (χ2v) is 7.29. The van der Waals surface area contributed by atoms with Crippen LogP contribution in [0.25, 0.3) is 11.0 Å². The molecule has 0 spiro atoms. The number of fused-ring (bicyclic) bond motifs is 1. The van der Waals surface area contributed by atoms with Crippen molar-refractivity contribution in [1.82, 2.24) is 15.0 Å². The van der Waals surface area contributed by atoms with Gasteiger partial charge >= 0.3 is 0 Å². The summed E-state index contributed by atoms with van der Waals surface area (Å²) in [6.07, 6.45) is 5.48. The van der Waals surface area contributed by atoms with Crippen LogP contribution in [0.5, 0.6) is 0 Å². The minimum absolute atomic E-state index is 0.528. The summed E-state index contributed by atoms with van der Waals surface area (Å²) in [5.41, 5.74) is 3.45. The molecule has 0 radical (unpaired) electrons. The Hall–Kier alpha value is -2.61. The molecule has 0 saturated carbocycles. The first-order valence-corrected chi connectivity index (χ1v) is 9.47. The summed E-state index contributed by atoms with van der Waals surface area (Å²) in [7, 11) is -3.29. The Kier molecular flexibility index (Phi) is 4.39. The van der Waals surface area contributed by atoms with Gasteiger partial charge in [-0.2, -0.15) is 0 Å². The number of aromatic amines is 1. The van der Waals surface area contributed by atoms with Gasteiger partial charge in [0.1, 0.15) is 17.8 Å². The van der Waals surface area contributed by atoms with Crippen molar-refractivity contribution in [3.05, 3.63) is 47.9 Å². The average molecular weight is 345 g/mol. The van der Waals surface area contributed by atoms with E-state index in [1.54, 1.807) is 12.1 Å². The van der Waals surface area contributed by atoms with Crippen molar-refractivity contribution in [2.75, 3.05) is 16.3 Å². The Morgan fingerprint density at radius 2 is 2.08 bits per heavy atom. The van der Waals surface area contributed by atoms with Gasteiger partial charge in [-0.25, -0.2) is 18.4 Å². The summed E-state index contributed by atoms with van der Waals surface area (Å²) in [5, 5.41) is 4.30. The quantitative estimate of drug-likeness (QED) is 0.637. The fourth-order valence-electron chi connectivity index (χ4n) is 2.58. The van der Waals surface area contributed by atoms with Crippen LogP contribution < -0.4 is 10.0 Å². The van der Waals surface area contributed by atoms with Gasteiger partial charge in [0.2, 0.25) is 10.0 Å². The standard InChI is InChI=1S/C16H19N5O2S/c1-3-12-9-18-16-14(12)15(19-10-20-16)17-8-11-5-4-6-13(7-11)21-24(2,22)23/h4-7,9-10,21H,3,8H2,1-2H3,(H2,17,18,19,20). The highest BCUT2D eigenvalue weighted by Crippen LogP contribution is 2.24. The third kappa shape index (κ3) is 3.65. The van der Waals surface area contributed by atoms with E-state index in [0.717, 1.165) is 40.7 Å². The van der Waals surface area contributed by atoms with Crippen molar-refractivity contribution in [3.63, 3.8) is 0 Å². The van der Waals surface area contributed by atoms with Crippen LogP contribution in [0.2, 0.25) is 0 Å². The van der Waals surface area contributed by atoms with Crippen molar-refractivity contribution in [1.29, 1.82) is 0 Å². The number of nitrogens with zero attached hydrogens (tertiary/aromatic N) is 2. The molecule has 0 fully saturated rings. The molecule has 2 heterocycles. The van der Waals surface area contributed by atoms with E-state index >= 15 is 0 Å². The molecule has 0 amide bonds. The molecule has 8 heteroatoms. The van der Waals surface area contributed by atoms with Crippen LogP contribution in [0, 0.1) is 0 Å². The zero-order valence-corrected chi connectivity index (χ0v) is 14.3. The van der Waals surface area contributed by atoms with Crippen LogP contribution in [0.15, 0.2) is 36.8 Å². The fourth-order valence-corrected chi connectivity index (χ4v) is 3.14. The second-order valence-electron chi connectivity index (χ2n) is 5.54. The van der Waals surface area contributed by atoms with Crippen LogP contribution in [-0.2, 0) is 23.0 Å². The van der Waals surface area contributed by atoms with Crippen LogP contribution >= 0.6 is 0 Å². The Morgan fingerprint density at radius 1 is 1.25 bits per heavy atom. The van der Waals surface area contributed by atoms with Gasteiger partial charge < -0.3 is 10.3 Å². The summed E-state index contributed by atoms with van der Waals surface area (Å²) in [5.74, 6) is 0.763. The number of aryl methyl sites for hydroxylation is 1. The van der Waals surface area contributed by atoms with Gasteiger partial charge in [-0.1, -0.05) is 19.1 Å². The van der Waals surface area contributed by atoms with E-state index in [0.29, 0.717) is 12.2 Å². The molecular weight excluding hydrogens is 326 g/mol. The number of hydrogen-bond acceptors (Lipinski definition) is 5. The highest BCUT2D eigenvalue weighted by molar-refractivity contribution is 7.92. The molecule has 3 rings (SSSR count). The topological polar surface area (TPSA) is 99.8 Å². The lowest BCUT2D eigenvalue weighted by molar-refractivity contribution is 0.607. The maximum absolute atomic E-state index is 11.3. The number of aromatic nitrogens is 3. The number of anilines is 2. The first-order chi connectivity index (χ1) is 11.5. The van der Waals surface area contributed by atoms with E-state index in [9.17, 15) is 8.42 Å². The van der Waals surface area contributed by atoms with E-state index in [-0.39, 0.29) is 0 Å². The molecule has 0 aliphatic heterocycles. The molecule has 0 atom stereocenters. The van der Waals surface area contributed by atoms with E-state index in [1.165, 1.54) is 6.33 Å². The van der Waals surface area contributed by atoms with Crippen LogP contribution in [-0.4, -0.2) is 29.6 Å². The number of rotatable bonds is 6. The molecule has 3 N–H and O–H groups in total. The molecule has 0 unspecified atom stereocenters. The minimum atomic E-state index is -3.29. The predicted molar refractivity (Wildman–Crippen MR) is 95.5 cm³/mol. The Morgan fingerprint density at radius 3 is 2.83 bits per heavy atom. The third-order valence-electron chi connectivity index (χ3n) is 3.62. The molecule has 7 nitrogen and oxygen atoms in total. The molecule has 24 heavy (non-hydrogen) atoms. The smallest absolute Gasteiger partial charge is 0.229 e. The number of sulfonamides is 1. The summed E-state index contributed by atoms with van der Waals surface area (Å²) < 4.78 is 25.1. The highest BCUT2D eigenvalue weighted by atomic mass is 32.2. The van der Waals surface area contributed by atoms with E-state index in [4.69, 9.17) is 0 Å². The first-order valence-electron chi connectivity index (χ1n) is 7.58. The van der Waals surface area contributed by atoms with Crippen LogP contribution in [0.4, 0.5) is 11.5 Å². The maximum Gasteiger partial charge on any atom is 0.229 e. The van der Waals surface area contributed by atoms with Crippen LogP contribution in [0.1, 0.15) is 18.1 Å². The number of benzene rings is 1. The monoisotopic (exact) mass is 345 g/mol. The van der Waals surface area contributed by atoms with E-state index in [1.807, 2.05) is 18.3 Å². The van der Waals surface area contributed by atoms with Gasteiger partial charge in [0.15, 0.2) is 0 Å². The number of nitrogens with one attached hydrogen (secondary N) is 3. The molecule has 2 aromatic heterocycles. The van der Waals surface area contributed by atoms with Crippen molar-refractivity contribution in [2.45, 2.75) is 19.9 Å². The lowest BCUT2D eigenvalue weighted by Crippen LogP contribution is -2.10. The van der Waals surface area contributed by atoms with Crippen molar-refractivity contribution >= 4 is 32.6 Å². The zero-order valence-electron chi connectivity index (χ0n) is 13.5. The SMILES string of the molecule is CCc1c[nH]c2ncnc(NCc3cccc(NS(C)(=O)=O)c3)c12. The van der Waals surface area contributed by atoms with Gasteiger partial charge in [0, 0.05) is 18.4 Å². The molecule has 0 aliphatic rings. The van der Waals surface area contributed by atoms with Gasteiger partial charge in [-0.05, 0) is 29.7 Å². The Labute approximate surface area is 140 Å². The summed E-state index contributed by atoms with van der Waals surface area (Å²) in [6.45, 7) is 2.61. The first kappa shape index (κ1) is 16.3. The Balaban J connectivity index is 1.81. The van der Waals surface area contributed by atoms with Gasteiger partial charge in [-0.3, -0.25) is 4.72 Å². The van der Waals surface area contributed by atoms with Gasteiger partial charge in [-0.15, -0.1) is 0 Å². The lowest BCUT2D eigenvalue weighted by Gasteiger charge is -2.09. The lowest BCUT2D eigenvalue weighted by atomic mass is 10.1. The number of H-pyrrole nitrogens is 1. The molecule has 3 aromatic rings. The van der Waals surface area contributed by atoms with Crippen molar-refractivity contribution < 1.29 is 8.42 Å². The van der Waals surface area contributed by atoms with E-state index < -0.39 is 10.0 Å². The largest absolute Gasteiger partial charge is 0.365 e. The fraction of sp³-hybridized carbons (Fsp3) is 0.250. The minimum Gasteiger partial charge on any atom is -0.365 e. The molecule has 0 bridgehead atoms. The van der Waals surface area contributed by atoms with E-state index in [2.05, 4.69) is 31.9 Å². The van der Waals surface area contributed by atoms with Gasteiger partial charge in [0.25, 0.3) is 0 Å². The maximum atomic E-state index is 11.3. The second kappa shape index (κ2) is 6.48. The number of hydrogen-bond donors (Lipinski definition) is 3. The highest BCUT2D eigenvalue weighted by Gasteiger charge is 2.10. The molecule has 126 valence electrons. The third-order valence-corrected chi connectivity index (χ3v) is 4.23. The zero-order chi connectivity index (χ0) is 17.2. The Bertz CT molecular complexity index is 966. The molecule has 1 aromatic carbocycles. The average Bonchev–Trinajstić information content (AvgIpc) is 2.95.